The number of carbonyl (C=O) groups excluding carboxylic acids is 4. The van der Waals surface area contributed by atoms with Gasteiger partial charge in [-0.15, -0.1) is 0 Å². The highest BCUT2D eigenvalue weighted by Gasteiger charge is 2.61. The van der Waals surface area contributed by atoms with Gasteiger partial charge in [-0.1, -0.05) is 72.6 Å². The first kappa shape index (κ1) is 26.3. The lowest BCUT2D eigenvalue weighted by atomic mass is 9.55. The van der Waals surface area contributed by atoms with Crippen molar-refractivity contribution in [1.82, 2.24) is 4.90 Å². The molecule has 204 valence electrons. The molecule has 0 aromatic heterocycles. The summed E-state index contributed by atoms with van der Waals surface area (Å²) in [4.78, 5) is 52.8. The predicted molar refractivity (Wildman–Crippen MR) is 150 cm³/mol. The van der Waals surface area contributed by atoms with E-state index in [1.165, 1.54) is 4.90 Å². The lowest BCUT2D eigenvalue weighted by molar-refractivity contribution is -0.147. The number of benzene rings is 3. The molecule has 1 aliphatic heterocycles. The third-order valence-electron chi connectivity index (χ3n) is 8.28. The fraction of sp³-hybridized carbons (Fsp3) is 0.312. The minimum Gasteiger partial charge on any atom is -0.456 e. The van der Waals surface area contributed by atoms with Crippen molar-refractivity contribution in [3.8, 4) is 0 Å². The van der Waals surface area contributed by atoms with Crippen molar-refractivity contribution in [1.29, 1.82) is 0 Å². The zero-order valence-electron chi connectivity index (χ0n) is 21.8. The molecule has 0 unspecified atom stereocenters. The largest absolute Gasteiger partial charge is 0.456 e. The molecule has 3 aromatic rings. The lowest BCUT2D eigenvalue weighted by Gasteiger charge is -2.45. The van der Waals surface area contributed by atoms with Crippen LogP contribution in [0.2, 0.25) is 5.02 Å². The Kier molecular flexibility index (Phi) is 7.15. The van der Waals surface area contributed by atoms with Crippen molar-refractivity contribution in [2.24, 2.45) is 11.8 Å². The van der Waals surface area contributed by atoms with Gasteiger partial charge in [0.05, 0.1) is 11.8 Å². The number of rotatable bonds is 9. The molecule has 1 heterocycles. The fourth-order valence-corrected chi connectivity index (χ4v) is 6.85. The average Bonchev–Trinajstić information content (AvgIpc) is 3.21. The Morgan fingerprint density at radius 3 is 1.90 bits per heavy atom. The summed E-state index contributed by atoms with van der Waals surface area (Å²) in [5, 5.41) is 3.12. The van der Waals surface area contributed by atoms with E-state index in [9.17, 15) is 19.2 Å². The molecule has 3 amide bonds. The summed E-state index contributed by atoms with van der Waals surface area (Å²) in [6, 6.07) is 23.1. The number of unbranched alkanes of at least 4 members (excludes halogenated alkanes) is 2. The van der Waals surface area contributed by atoms with E-state index in [4.69, 9.17) is 16.3 Å². The second-order valence-corrected chi connectivity index (χ2v) is 11.1. The van der Waals surface area contributed by atoms with E-state index < -0.39 is 11.9 Å². The van der Waals surface area contributed by atoms with Crippen molar-refractivity contribution < 1.29 is 23.9 Å². The second kappa shape index (κ2) is 10.9. The van der Waals surface area contributed by atoms with Crippen LogP contribution in [0.15, 0.2) is 72.8 Å². The number of imide groups is 1. The number of nitrogens with one attached hydrogen (secondary N) is 1. The van der Waals surface area contributed by atoms with Gasteiger partial charge < -0.3 is 10.1 Å². The highest BCUT2D eigenvalue weighted by Crippen LogP contribution is 2.60. The number of anilines is 1. The normalized spacial score (nSPS) is 22.0. The van der Waals surface area contributed by atoms with Crippen LogP contribution in [0.25, 0.3) is 0 Å². The highest BCUT2D eigenvalue weighted by atomic mass is 35.5. The number of esters is 1. The zero-order chi connectivity index (χ0) is 27.8. The maximum absolute atomic E-state index is 13.6. The number of nitrogens with zero attached hydrogens (tertiary/aromatic N) is 1. The molecule has 8 heteroatoms. The summed E-state index contributed by atoms with van der Waals surface area (Å²) in [6.45, 7) is -0.0358. The van der Waals surface area contributed by atoms with Gasteiger partial charge in [-0.05, 0) is 53.3 Å². The van der Waals surface area contributed by atoms with Crippen LogP contribution in [-0.2, 0) is 23.9 Å². The molecule has 1 N–H and O–H groups in total. The molecule has 7 nitrogen and oxygen atoms in total. The summed E-state index contributed by atoms with van der Waals surface area (Å²) in [5.41, 5.74) is 5.18. The first-order valence-electron chi connectivity index (χ1n) is 13.7. The van der Waals surface area contributed by atoms with Gasteiger partial charge in [-0.2, -0.15) is 0 Å². The molecule has 0 radical (unpaired) electrons. The monoisotopic (exact) mass is 556 g/mol. The van der Waals surface area contributed by atoms with E-state index in [2.05, 4.69) is 29.6 Å². The number of amides is 3. The Morgan fingerprint density at radius 1 is 0.775 bits per heavy atom. The predicted octanol–water partition coefficient (Wildman–Crippen LogP) is 5.27. The quantitative estimate of drug-likeness (QED) is 0.220. The Hall–Kier alpha value is -3.97. The van der Waals surface area contributed by atoms with Gasteiger partial charge in [0.1, 0.15) is 0 Å². The van der Waals surface area contributed by atoms with E-state index in [0.717, 1.165) is 22.3 Å². The molecule has 1 saturated heterocycles. The standard InChI is InChI=1S/C32H29ClN2O5/c33-19-9-8-10-20(17-19)34-25(36)18-40-26(37)15-2-1-7-16-35-31(38)29-27-21-11-3-4-12-22(21)28(30(29)32(35)39)24-14-6-5-13-23(24)27/h3-6,8-14,17,27-30H,1-2,7,15-16,18H2,(H,34,36)/t27?,28?,29-,30+. The maximum atomic E-state index is 13.6. The SMILES string of the molecule is O=C(COC(=O)CCCCCN1C(=O)[C@@H]2C3c4ccccc4C(c4ccccc43)[C@@H]2C1=O)Nc1cccc(Cl)c1. The molecular formula is C32H29ClN2O5. The van der Waals surface area contributed by atoms with Gasteiger partial charge >= 0.3 is 5.97 Å². The van der Waals surface area contributed by atoms with Gasteiger partial charge in [-0.3, -0.25) is 24.1 Å². The third-order valence-corrected chi connectivity index (χ3v) is 8.51. The molecule has 3 aromatic carbocycles. The molecule has 0 spiro atoms. The molecular weight excluding hydrogens is 528 g/mol. The number of ether oxygens (including phenoxy) is 1. The lowest BCUT2D eigenvalue weighted by Crippen LogP contribution is -2.41. The number of likely N-dealkylation sites (tertiary alicyclic amines) is 1. The van der Waals surface area contributed by atoms with Gasteiger partial charge in [0.25, 0.3) is 5.91 Å². The minimum absolute atomic E-state index is 0.0841. The third kappa shape index (κ3) is 4.68. The fourth-order valence-electron chi connectivity index (χ4n) is 6.66. The minimum atomic E-state index is -0.465. The van der Waals surface area contributed by atoms with E-state index in [0.29, 0.717) is 36.5 Å². The Morgan fingerprint density at radius 2 is 1.35 bits per heavy atom. The van der Waals surface area contributed by atoms with Crippen LogP contribution in [0, 0.1) is 11.8 Å². The van der Waals surface area contributed by atoms with Crippen LogP contribution < -0.4 is 5.32 Å². The van der Waals surface area contributed by atoms with Crippen molar-refractivity contribution >= 4 is 41.0 Å². The van der Waals surface area contributed by atoms with Crippen molar-refractivity contribution in [3.63, 3.8) is 0 Å². The molecule has 7 rings (SSSR count). The van der Waals surface area contributed by atoms with Crippen LogP contribution in [0.4, 0.5) is 5.69 Å². The van der Waals surface area contributed by atoms with Crippen LogP contribution >= 0.6 is 11.6 Å². The Balaban J connectivity index is 1.00. The van der Waals surface area contributed by atoms with Crippen molar-refractivity contribution in [3.05, 3.63) is 100 Å². The molecule has 4 aliphatic rings. The summed E-state index contributed by atoms with van der Waals surface area (Å²) >= 11 is 5.90. The second-order valence-electron chi connectivity index (χ2n) is 10.6. The van der Waals surface area contributed by atoms with Gasteiger partial charge in [0.2, 0.25) is 11.8 Å². The molecule has 40 heavy (non-hydrogen) atoms. The Bertz CT molecular complexity index is 1390. The van der Waals surface area contributed by atoms with E-state index in [1.54, 1.807) is 24.3 Å². The zero-order valence-corrected chi connectivity index (χ0v) is 22.6. The number of hydrogen-bond acceptors (Lipinski definition) is 5. The van der Waals surface area contributed by atoms with E-state index in [-0.39, 0.29) is 48.5 Å². The van der Waals surface area contributed by atoms with Crippen LogP contribution in [0.5, 0.6) is 0 Å². The summed E-state index contributed by atoms with van der Waals surface area (Å²) in [7, 11) is 0. The maximum Gasteiger partial charge on any atom is 0.306 e. The van der Waals surface area contributed by atoms with Crippen LogP contribution in [-0.4, -0.2) is 41.7 Å². The number of hydrogen-bond donors (Lipinski definition) is 1. The molecule has 0 saturated carbocycles. The topological polar surface area (TPSA) is 92.8 Å². The molecule has 1 fully saturated rings. The smallest absolute Gasteiger partial charge is 0.306 e. The highest BCUT2D eigenvalue weighted by molar-refractivity contribution is 6.30. The van der Waals surface area contributed by atoms with E-state index in [1.807, 2.05) is 24.3 Å². The summed E-state index contributed by atoms with van der Waals surface area (Å²) < 4.78 is 5.07. The van der Waals surface area contributed by atoms with E-state index >= 15 is 0 Å². The first-order chi connectivity index (χ1) is 19.4. The van der Waals surface area contributed by atoms with Crippen LogP contribution in [0.1, 0.15) is 59.8 Å². The summed E-state index contributed by atoms with van der Waals surface area (Å²) in [5.74, 6) is -2.01. The van der Waals surface area contributed by atoms with Crippen molar-refractivity contribution in [2.45, 2.75) is 37.5 Å². The Labute approximate surface area is 237 Å². The van der Waals surface area contributed by atoms with Gasteiger partial charge in [0.15, 0.2) is 6.61 Å². The number of carbonyl (C=O) groups is 4. The molecule has 2 atom stereocenters. The van der Waals surface area contributed by atoms with Gasteiger partial charge in [-0.25, -0.2) is 0 Å². The summed E-state index contributed by atoms with van der Waals surface area (Å²) in [6.07, 6.45) is 1.96. The number of halogens is 1. The average molecular weight is 557 g/mol. The van der Waals surface area contributed by atoms with Crippen molar-refractivity contribution in [2.75, 3.05) is 18.5 Å². The molecule has 3 aliphatic carbocycles. The first-order valence-corrected chi connectivity index (χ1v) is 14.1. The van der Waals surface area contributed by atoms with Gasteiger partial charge in [0, 0.05) is 35.5 Å². The molecule has 2 bridgehead atoms. The van der Waals surface area contributed by atoms with Crippen LogP contribution in [0.3, 0.4) is 0 Å².